The number of hydrogen-bond donors (Lipinski definition) is 0. The van der Waals surface area contributed by atoms with Crippen LogP contribution in [0.1, 0.15) is 15.9 Å². The third-order valence-electron chi connectivity index (χ3n) is 2.82. The fraction of sp³-hybridized carbons (Fsp3) is 0.154. The number of rotatable bonds is 0. The smallest absolute Gasteiger partial charge is 0.199 e. The van der Waals surface area contributed by atoms with Crippen LogP contribution in [0.5, 0.6) is 0 Å². The van der Waals surface area contributed by atoms with Gasteiger partial charge < -0.3 is 0 Å². The quantitative estimate of drug-likeness (QED) is 0.653. The van der Waals surface area contributed by atoms with Gasteiger partial charge in [-0.3, -0.25) is 4.79 Å². The Bertz CT molecular complexity index is 530. The van der Waals surface area contributed by atoms with Crippen LogP contribution in [0.3, 0.4) is 0 Å². The summed E-state index contributed by atoms with van der Waals surface area (Å²) in [6, 6.07) is 7.79. The van der Waals surface area contributed by atoms with Gasteiger partial charge in [0.2, 0.25) is 0 Å². The molecular weight excluding hydrogens is 240 g/mol. The second-order valence-electron chi connectivity index (χ2n) is 3.85. The summed E-state index contributed by atoms with van der Waals surface area (Å²) in [5.74, 6) is 0.122. The minimum atomic E-state index is -0.118. The van der Waals surface area contributed by atoms with Gasteiger partial charge in [0.05, 0.1) is 4.91 Å². The normalized spacial score (nSPS) is 23.1. The van der Waals surface area contributed by atoms with Crippen LogP contribution in [0, 0.1) is 0 Å². The lowest BCUT2D eigenvalue weighted by Crippen LogP contribution is -2.16. The number of hydrogen-bond acceptors (Lipinski definition) is 2. The van der Waals surface area contributed by atoms with Gasteiger partial charge in [-0.15, -0.1) is 11.6 Å². The molecule has 0 saturated heterocycles. The van der Waals surface area contributed by atoms with E-state index in [0.29, 0.717) is 0 Å². The molecule has 0 aromatic heterocycles. The fourth-order valence-corrected chi connectivity index (χ4v) is 3.29. The SMILES string of the molecule is O=C1C2=C(C=CC(Cl)S2)Cc2ccccc21. The van der Waals surface area contributed by atoms with Crippen LogP contribution < -0.4 is 0 Å². The molecular formula is C13H9ClOS. The van der Waals surface area contributed by atoms with Crippen LogP contribution in [-0.2, 0) is 6.42 Å². The molecule has 1 nitrogen and oxygen atoms in total. The molecule has 1 aromatic carbocycles. The molecule has 1 aromatic rings. The van der Waals surface area contributed by atoms with Crippen molar-refractivity contribution < 1.29 is 4.79 Å². The summed E-state index contributed by atoms with van der Waals surface area (Å²) in [6.07, 6.45) is 4.76. The van der Waals surface area contributed by atoms with Crippen LogP contribution in [0.2, 0.25) is 0 Å². The van der Waals surface area contributed by atoms with Gasteiger partial charge in [-0.1, -0.05) is 48.2 Å². The van der Waals surface area contributed by atoms with E-state index in [2.05, 4.69) is 0 Å². The number of Topliss-reactive ketones (excluding diaryl/α,β-unsaturated/α-hetero) is 1. The van der Waals surface area contributed by atoms with Crippen molar-refractivity contribution in [2.24, 2.45) is 0 Å². The van der Waals surface area contributed by atoms with Gasteiger partial charge in [0.1, 0.15) is 4.71 Å². The Morgan fingerprint density at radius 1 is 1.31 bits per heavy atom. The Hall–Kier alpha value is -0.990. The molecule has 0 amide bonds. The van der Waals surface area contributed by atoms with Crippen LogP contribution in [0.25, 0.3) is 0 Å². The van der Waals surface area contributed by atoms with Crippen molar-refractivity contribution in [1.82, 2.24) is 0 Å². The number of carbonyl (C=O) groups is 1. The lowest BCUT2D eigenvalue weighted by Gasteiger charge is -2.23. The van der Waals surface area contributed by atoms with Gasteiger partial charge in [-0.2, -0.15) is 0 Å². The topological polar surface area (TPSA) is 17.1 Å². The maximum atomic E-state index is 12.2. The highest BCUT2D eigenvalue weighted by atomic mass is 35.5. The first-order valence-corrected chi connectivity index (χ1v) is 6.42. The molecule has 0 spiro atoms. The van der Waals surface area contributed by atoms with Gasteiger partial charge in [-0.25, -0.2) is 0 Å². The number of alkyl halides is 1. The molecule has 80 valence electrons. The standard InChI is InChI=1S/C13H9ClOS/c14-11-6-5-9-7-8-3-1-2-4-10(8)12(15)13(9)16-11/h1-6,11H,7H2. The van der Waals surface area contributed by atoms with E-state index in [9.17, 15) is 4.79 Å². The summed E-state index contributed by atoms with van der Waals surface area (Å²) >= 11 is 7.47. The zero-order valence-electron chi connectivity index (χ0n) is 8.44. The molecule has 1 unspecified atom stereocenters. The Labute approximate surface area is 103 Å². The molecule has 1 aliphatic heterocycles. The molecule has 3 rings (SSSR count). The van der Waals surface area contributed by atoms with Gasteiger partial charge >= 0.3 is 0 Å². The van der Waals surface area contributed by atoms with Gasteiger partial charge in [0, 0.05) is 5.56 Å². The van der Waals surface area contributed by atoms with Crippen molar-refractivity contribution in [2.45, 2.75) is 11.1 Å². The zero-order chi connectivity index (χ0) is 11.1. The van der Waals surface area contributed by atoms with Crippen LogP contribution in [0.4, 0.5) is 0 Å². The number of thioether (sulfide) groups is 1. The second-order valence-corrected chi connectivity index (χ2v) is 5.73. The summed E-state index contributed by atoms with van der Waals surface area (Å²) in [5.41, 5.74) is 3.04. The molecule has 1 atom stereocenters. The monoisotopic (exact) mass is 248 g/mol. The predicted molar refractivity (Wildman–Crippen MR) is 67.9 cm³/mol. The van der Waals surface area contributed by atoms with E-state index in [1.54, 1.807) is 0 Å². The second kappa shape index (κ2) is 3.79. The van der Waals surface area contributed by atoms with Gasteiger partial charge in [0.25, 0.3) is 0 Å². The minimum Gasteiger partial charge on any atom is -0.288 e. The summed E-state index contributed by atoms with van der Waals surface area (Å²) in [7, 11) is 0. The number of carbonyl (C=O) groups excluding carboxylic acids is 1. The Kier molecular flexibility index (Phi) is 2.41. The zero-order valence-corrected chi connectivity index (χ0v) is 10.0. The third-order valence-corrected chi connectivity index (χ3v) is 4.30. The Balaban J connectivity index is 2.11. The maximum absolute atomic E-state index is 12.2. The molecule has 0 N–H and O–H groups in total. The number of ketones is 1. The molecule has 0 saturated carbocycles. The third kappa shape index (κ3) is 1.53. The van der Waals surface area contributed by atoms with Crippen molar-refractivity contribution in [3.63, 3.8) is 0 Å². The van der Waals surface area contributed by atoms with E-state index in [1.165, 1.54) is 11.8 Å². The van der Waals surface area contributed by atoms with Gasteiger partial charge in [0.15, 0.2) is 5.78 Å². The summed E-state index contributed by atoms with van der Waals surface area (Å²) in [5, 5.41) is 0. The highest BCUT2D eigenvalue weighted by molar-refractivity contribution is 8.05. The van der Waals surface area contributed by atoms with Crippen molar-refractivity contribution in [3.05, 3.63) is 58.0 Å². The van der Waals surface area contributed by atoms with E-state index in [1.807, 2.05) is 36.4 Å². The first-order valence-electron chi connectivity index (χ1n) is 5.10. The molecule has 0 fully saturated rings. The van der Waals surface area contributed by atoms with E-state index >= 15 is 0 Å². The number of halogens is 1. The highest BCUT2D eigenvalue weighted by Crippen LogP contribution is 2.39. The molecule has 0 bridgehead atoms. The van der Waals surface area contributed by atoms with Crippen LogP contribution in [0.15, 0.2) is 46.9 Å². The average Bonchev–Trinajstić information content (AvgIpc) is 2.31. The predicted octanol–water partition coefficient (Wildman–Crippen LogP) is 3.55. The molecule has 0 radical (unpaired) electrons. The number of benzene rings is 1. The summed E-state index contributed by atoms with van der Waals surface area (Å²) in [4.78, 5) is 13.0. The molecule has 1 aliphatic carbocycles. The van der Waals surface area contributed by atoms with Crippen molar-refractivity contribution >= 4 is 29.1 Å². The fourth-order valence-electron chi connectivity index (χ4n) is 2.06. The average molecular weight is 249 g/mol. The summed E-state index contributed by atoms with van der Waals surface area (Å²) < 4.78 is -0.118. The van der Waals surface area contributed by atoms with Crippen LogP contribution in [-0.4, -0.2) is 10.5 Å². The Morgan fingerprint density at radius 3 is 3.00 bits per heavy atom. The molecule has 16 heavy (non-hydrogen) atoms. The van der Waals surface area contributed by atoms with E-state index in [4.69, 9.17) is 11.6 Å². The molecule has 3 heteroatoms. The molecule has 1 heterocycles. The van der Waals surface area contributed by atoms with E-state index < -0.39 is 0 Å². The number of allylic oxidation sites excluding steroid dienone is 3. The number of fused-ring (bicyclic) bond motifs is 1. The first kappa shape index (κ1) is 10.2. The van der Waals surface area contributed by atoms with Crippen molar-refractivity contribution in [2.75, 3.05) is 0 Å². The van der Waals surface area contributed by atoms with E-state index in [0.717, 1.165) is 28.0 Å². The first-order chi connectivity index (χ1) is 7.75. The van der Waals surface area contributed by atoms with Crippen LogP contribution >= 0.6 is 23.4 Å². The highest BCUT2D eigenvalue weighted by Gasteiger charge is 2.28. The largest absolute Gasteiger partial charge is 0.288 e. The minimum absolute atomic E-state index is 0.118. The summed E-state index contributed by atoms with van der Waals surface area (Å²) in [6.45, 7) is 0. The van der Waals surface area contributed by atoms with Gasteiger partial charge in [-0.05, 0) is 17.6 Å². The Morgan fingerprint density at radius 2 is 2.12 bits per heavy atom. The lowest BCUT2D eigenvalue weighted by molar-refractivity contribution is 0.103. The lowest BCUT2D eigenvalue weighted by atomic mass is 9.90. The van der Waals surface area contributed by atoms with Crippen molar-refractivity contribution in [1.29, 1.82) is 0 Å². The van der Waals surface area contributed by atoms with E-state index in [-0.39, 0.29) is 10.5 Å². The molecule has 2 aliphatic rings. The van der Waals surface area contributed by atoms with Crippen molar-refractivity contribution in [3.8, 4) is 0 Å². The maximum Gasteiger partial charge on any atom is 0.199 e.